The van der Waals surface area contributed by atoms with Crippen LogP contribution in [0.2, 0.25) is 0 Å². The van der Waals surface area contributed by atoms with Crippen LogP contribution in [-0.4, -0.2) is 73.1 Å². The summed E-state index contributed by atoms with van der Waals surface area (Å²) in [6.07, 6.45) is 1.27. The highest BCUT2D eigenvalue weighted by Gasteiger charge is 2.25. The Bertz CT molecular complexity index is 300. The Morgan fingerprint density at radius 1 is 1.24 bits per heavy atom. The van der Waals surface area contributed by atoms with Crippen LogP contribution in [0.5, 0.6) is 0 Å². The zero-order valence-corrected chi connectivity index (χ0v) is 10.2. The fourth-order valence-corrected chi connectivity index (χ4v) is 2.06. The summed E-state index contributed by atoms with van der Waals surface area (Å²) in [6, 6.07) is 0. The van der Waals surface area contributed by atoms with E-state index in [2.05, 4.69) is 16.8 Å². The van der Waals surface area contributed by atoms with Crippen molar-refractivity contribution in [3.05, 3.63) is 0 Å². The maximum Gasteiger partial charge on any atom is 0.346 e. The summed E-state index contributed by atoms with van der Waals surface area (Å²) in [4.78, 5) is 32.2. The van der Waals surface area contributed by atoms with Crippen molar-refractivity contribution in [1.82, 2.24) is 14.9 Å². The number of hydrogen-bond acceptors (Lipinski definition) is 5. The van der Waals surface area contributed by atoms with Gasteiger partial charge in [-0.3, -0.25) is 9.69 Å². The van der Waals surface area contributed by atoms with E-state index in [1.165, 1.54) is 5.06 Å². The van der Waals surface area contributed by atoms with Gasteiger partial charge in [0, 0.05) is 32.6 Å². The fraction of sp³-hybridized carbons (Fsp3) is 0.818. The standard InChI is InChI=1S/C11H19N3O3/c1-12-5-7-13(8-6-12)9-11(16)17-14-4-2-3-10(14)15/h2-9H2,1H3. The molecule has 0 N–H and O–H groups in total. The lowest BCUT2D eigenvalue weighted by molar-refractivity contribution is -0.193. The number of carbonyl (C=O) groups is 2. The van der Waals surface area contributed by atoms with Gasteiger partial charge >= 0.3 is 5.97 Å². The Balaban J connectivity index is 1.72. The van der Waals surface area contributed by atoms with Crippen LogP contribution in [0, 0.1) is 0 Å². The lowest BCUT2D eigenvalue weighted by atomic mass is 10.3. The van der Waals surface area contributed by atoms with Crippen LogP contribution >= 0.6 is 0 Å². The van der Waals surface area contributed by atoms with E-state index < -0.39 is 0 Å². The molecule has 0 aromatic carbocycles. The average molecular weight is 241 g/mol. The Morgan fingerprint density at radius 3 is 2.53 bits per heavy atom. The van der Waals surface area contributed by atoms with E-state index in [1.807, 2.05) is 0 Å². The zero-order valence-electron chi connectivity index (χ0n) is 10.2. The molecule has 0 bridgehead atoms. The monoisotopic (exact) mass is 241 g/mol. The van der Waals surface area contributed by atoms with Gasteiger partial charge in [-0.25, -0.2) is 4.79 Å². The maximum absolute atomic E-state index is 11.6. The molecule has 2 aliphatic heterocycles. The van der Waals surface area contributed by atoms with Gasteiger partial charge in [-0.15, -0.1) is 0 Å². The first-order chi connectivity index (χ1) is 8.15. The molecule has 2 heterocycles. The molecular weight excluding hydrogens is 222 g/mol. The molecule has 0 saturated carbocycles. The van der Waals surface area contributed by atoms with Gasteiger partial charge in [-0.05, 0) is 13.5 Å². The molecule has 17 heavy (non-hydrogen) atoms. The molecule has 0 radical (unpaired) electrons. The molecule has 2 aliphatic rings. The number of hydrogen-bond donors (Lipinski definition) is 0. The topological polar surface area (TPSA) is 53.1 Å². The van der Waals surface area contributed by atoms with Crippen molar-refractivity contribution in [3.63, 3.8) is 0 Å². The summed E-state index contributed by atoms with van der Waals surface area (Å²) in [5, 5.41) is 1.19. The number of rotatable bonds is 3. The van der Waals surface area contributed by atoms with Gasteiger partial charge in [0.1, 0.15) is 0 Å². The minimum Gasteiger partial charge on any atom is -0.337 e. The molecule has 2 fully saturated rings. The van der Waals surface area contributed by atoms with Crippen molar-refractivity contribution in [2.24, 2.45) is 0 Å². The van der Waals surface area contributed by atoms with Crippen LogP contribution in [0.15, 0.2) is 0 Å². The summed E-state index contributed by atoms with van der Waals surface area (Å²) < 4.78 is 0. The molecule has 6 heteroatoms. The quantitative estimate of drug-likeness (QED) is 0.655. The van der Waals surface area contributed by atoms with Crippen LogP contribution in [0.25, 0.3) is 0 Å². The van der Waals surface area contributed by atoms with Crippen molar-refractivity contribution in [1.29, 1.82) is 0 Å². The minimum atomic E-state index is -0.329. The molecule has 0 aliphatic carbocycles. The minimum absolute atomic E-state index is 0.0864. The van der Waals surface area contributed by atoms with E-state index >= 15 is 0 Å². The Morgan fingerprint density at radius 2 is 1.94 bits per heavy atom. The number of nitrogens with zero attached hydrogens (tertiary/aromatic N) is 3. The van der Waals surface area contributed by atoms with Gasteiger partial charge < -0.3 is 9.74 Å². The van der Waals surface area contributed by atoms with Crippen LogP contribution < -0.4 is 0 Å². The number of likely N-dealkylation sites (N-methyl/N-ethyl adjacent to an activating group) is 1. The Hall–Kier alpha value is -1.14. The van der Waals surface area contributed by atoms with Gasteiger partial charge in [0.25, 0.3) is 5.91 Å². The van der Waals surface area contributed by atoms with Crippen LogP contribution in [0.1, 0.15) is 12.8 Å². The smallest absolute Gasteiger partial charge is 0.337 e. The van der Waals surface area contributed by atoms with Crippen molar-refractivity contribution < 1.29 is 14.4 Å². The first-order valence-electron chi connectivity index (χ1n) is 6.07. The third-order valence-corrected chi connectivity index (χ3v) is 3.19. The highest BCUT2D eigenvalue weighted by Crippen LogP contribution is 2.10. The van der Waals surface area contributed by atoms with Crippen LogP contribution in [0.4, 0.5) is 0 Å². The van der Waals surface area contributed by atoms with Crippen molar-refractivity contribution >= 4 is 11.9 Å². The fourth-order valence-electron chi connectivity index (χ4n) is 2.06. The maximum atomic E-state index is 11.6. The molecule has 2 saturated heterocycles. The largest absolute Gasteiger partial charge is 0.346 e. The van der Waals surface area contributed by atoms with Gasteiger partial charge in [0.05, 0.1) is 13.1 Å². The van der Waals surface area contributed by atoms with Gasteiger partial charge in [0.15, 0.2) is 0 Å². The predicted octanol–water partition coefficient (Wildman–Crippen LogP) is -0.686. The molecular formula is C11H19N3O3. The third kappa shape index (κ3) is 3.41. The third-order valence-electron chi connectivity index (χ3n) is 3.19. The van der Waals surface area contributed by atoms with Crippen molar-refractivity contribution in [3.8, 4) is 0 Å². The van der Waals surface area contributed by atoms with E-state index in [0.717, 1.165) is 32.6 Å². The number of piperazine rings is 1. The predicted molar refractivity (Wildman–Crippen MR) is 61.0 cm³/mol. The second kappa shape index (κ2) is 5.46. The Labute approximate surface area is 101 Å². The Kier molecular flexibility index (Phi) is 3.96. The molecule has 0 aromatic rings. The second-order valence-electron chi connectivity index (χ2n) is 4.64. The molecule has 1 amide bonds. The lowest BCUT2D eigenvalue weighted by Crippen LogP contribution is -2.47. The molecule has 96 valence electrons. The summed E-state index contributed by atoms with van der Waals surface area (Å²) in [7, 11) is 2.07. The van der Waals surface area contributed by atoms with E-state index in [0.29, 0.717) is 13.0 Å². The summed E-state index contributed by atoms with van der Waals surface area (Å²) in [5.41, 5.74) is 0. The van der Waals surface area contributed by atoms with E-state index in [1.54, 1.807) is 0 Å². The second-order valence-corrected chi connectivity index (χ2v) is 4.64. The highest BCUT2D eigenvalue weighted by atomic mass is 16.7. The van der Waals surface area contributed by atoms with E-state index in [9.17, 15) is 9.59 Å². The molecule has 0 aromatic heterocycles. The number of carbonyl (C=O) groups excluding carboxylic acids is 2. The van der Waals surface area contributed by atoms with Crippen molar-refractivity contribution in [2.45, 2.75) is 12.8 Å². The first kappa shape index (κ1) is 12.3. The summed E-state index contributed by atoms with van der Waals surface area (Å²) in [5.74, 6) is -0.415. The van der Waals surface area contributed by atoms with Gasteiger partial charge in [-0.2, -0.15) is 5.06 Å². The SMILES string of the molecule is CN1CCN(CC(=O)ON2CCCC2=O)CC1. The molecule has 0 spiro atoms. The van der Waals surface area contributed by atoms with Gasteiger partial charge in [0.2, 0.25) is 0 Å². The van der Waals surface area contributed by atoms with Crippen LogP contribution in [-0.2, 0) is 14.4 Å². The van der Waals surface area contributed by atoms with E-state index in [4.69, 9.17) is 4.84 Å². The van der Waals surface area contributed by atoms with Crippen LogP contribution in [0.3, 0.4) is 0 Å². The van der Waals surface area contributed by atoms with E-state index in [-0.39, 0.29) is 18.4 Å². The zero-order chi connectivity index (χ0) is 12.3. The summed E-state index contributed by atoms with van der Waals surface area (Å²) >= 11 is 0. The molecule has 2 rings (SSSR count). The average Bonchev–Trinajstić information content (AvgIpc) is 2.68. The number of hydroxylamine groups is 2. The lowest BCUT2D eigenvalue weighted by Gasteiger charge is -2.31. The van der Waals surface area contributed by atoms with Crippen molar-refractivity contribution in [2.75, 3.05) is 46.3 Å². The number of amides is 1. The molecule has 0 atom stereocenters. The molecule has 6 nitrogen and oxygen atoms in total. The first-order valence-corrected chi connectivity index (χ1v) is 6.07. The normalized spacial score (nSPS) is 23.1. The summed E-state index contributed by atoms with van der Waals surface area (Å²) in [6.45, 7) is 4.50. The van der Waals surface area contributed by atoms with Gasteiger partial charge in [-0.1, -0.05) is 0 Å². The highest BCUT2D eigenvalue weighted by molar-refractivity contribution is 5.80. The molecule has 0 unspecified atom stereocenters.